The lowest BCUT2D eigenvalue weighted by molar-refractivity contribution is -0.144. The van der Waals surface area contributed by atoms with E-state index in [4.69, 9.17) is 4.74 Å². The van der Waals surface area contributed by atoms with Crippen molar-refractivity contribution in [2.24, 2.45) is 23.7 Å². The molecule has 240 valence electrons. The maximum Gasteiger partial charge on any atom is 0.306 e. The van der Waals surface area contributed by atoms with Crippen molar-refractivity contribution in [2.75, 3.05) is 27.2 Å². The van der Waals surface area contributed by atoms with Crippen LogP contribution in [0.25, 0.3) is 0 Å². The summed E-state index contributed by atoms with van der Waals surface area (Å²) < 4.78 is 5.50. The maximum absolute atomic E-state index is 12.2. The van der Waals surface area contributed by atoms with E-state index in [0.717, 1.165) is 37.1 Å². The van der Waals surface area contributed by atoms with Gasteiger partial charge >= 0.3 is 5.97 Å². The van der Waals surface area contributed by atoms with Gasteiger partial charge in [0.05, 0.1) is 6.61 Å². The molecule has 0 saturated heterocycles. The van der Waals surface area contributed by atoms with Crippen LogP contribution in [0, 0.1) is 23.7 Å². The van der Waals surface area contributed by atoms with Gasteiger partial charge < -0.3 is 9.64 Å². The van der Waals surface area contributed by atoms with Gasteiger partial charge in [-0.2, -0.15) is 0 Å². The minimum absolute atomic E-state index is 0.0455. The summed E-state index contributed by atoms with van der Waals surface area (Å²) in [7, 11) is 4.18. The Morgan fingerprint density at radius 1 is 0.659 bits per heavy atom. The molecule has 2 aliphatic rings. The third kappa shape index (κ3) is 19.9. The summed E-state index contributed by atoms with van der Waals surface area (Å²) in [5.41, 5.74) is 1.78. The Bertz CT molecular complexity index is 649. The van der Waals surface area contributed by atoms with Gasteiger partial charge in [-0.05, 0) is 109 Å². The Balaban J connectivity index is 1.60. The number of hydrogen-bond donors (Lipinski definition) is 0. The molecule has 4 atom stereocenters. The zero-order valence-electron chi connectivity index (χ0n) is 28.2. The summed E-state index contributed by atoms with van der Waals surface area (Å²) in [5, 5.41) is 0. The molecular formula is C38H71NO2. The van der Waals surface area contributed by atoms with Crippen molar-refractivity contribution in [1.82, 2.24) is 4.90 Å². The van der Waals surface area contributed by atoms with Crippen LogP contribution < -0.4 is 0 Å². The quantitative estimate of drug-likeness (QED) is 0.0506. The molecular weight excluding hydrogens is 502 g/mol. The molecule has 2 saturated carbocycles. The highest BCUT2D eigenvalue weighted by atomic mass is 16.5. The van der Waals surface area contributed by atoms with Crippen molar-refractivity contribution in [3.8, 4) is 0 Å². The van der Waals surface area contributed by atoms with Crippen molar-refractivity contribution < 1.29 is 9.53 Å². The lowest BCUT2D eigenvalue weighted by Gasteiger charge is -2.09. The summed E-state index contributed by atoms with van der Waals surface area (Å²) in [6.45, 7) is 6.28. The summed E-state index contributed by atoms with van der Waals surface area (Å²) in [4.78, 5) is 14.4. The number of hydrogen-bond acceptors (Lipinski definition) is 3. The maximum atomic E-state index is 12.2. The Labute approximate surface area is 257 Å². The van der Waals surface area contributed by atoms with Gasteiger partial charge in [0.1, 0.15) is 0 Å². The molecule has 2 rings (SSSR count). The number of esters is 1. The van der Waals surface area contributed by atoms with Crippen molar-refractivity contribution in [1.29, 1.82) is 0 Å². The fourth-order valence-corrected chi connectivity index (χ4v) is 6.73. The SMILES string of the molecule is CCCCCCCCCCC(=CCC1CC1CC1CC1CC(=O)OCCCCN(C)C)CCCCCCCCCC. The first kappa shape index (κ1) is 36.4. The molecule has 3 heteroatoms. The molecule has 2 fully saturated rings. The first-order chi connectivity index (χ1) is 20.0. The molecule has 3 nitrogen and oxygen atoms in total. The summed E-state index contributed by atoms with van der Waals surface area (Å²) in [6.07, 6.45) is 36.2. The van der Waals surface area contributed by atoms with Crippen molar-refractivity contribution in [2.45, 2.75) is 174 Å². The zero-order chi connectivity index (χ0) is 29.5. The van der Waals surface area contributed by atoms with E-state index in [2.05, 4.69) is 38.9 Å². The van der Waals surface area contributed by atoms with E-state index in [9.17, 15) is 4.79 Å². The third-order valence-corrected chi connectivity index (χ3v) is 9.85. The van der Waals surface area contributed by atoms with E-state index in [1.807, 2.05) is 0 Å². The Hall–Kier alpha value is -0.830. The standard InChI is InChI=1S/C38H71NO2/c1-5-7-9-11-13-15-17-19-23-33(24-20-18-16-14-12-10-8-6-2)25-26-34-29-35(34)30-36-31-37(36)32-38(40)41-28-22-21-27-39(3)4/h25,34-37H,5-24,26-32H2,1-4H3. The number of allylic oxidation sites excluding steroid dienone is 2. The fraction of sp³-hybridized carbons (Fsp3) is 0.921. The highest BCUT2D eigenvalue weighted by Gasteiger charge is 2.45. The molecule has 0 aromatic carbocycles. The van der Waals surface area contributed by atoms with E-state index in [1.54, 1.807) is 5.57 Å². The molecule has 0 heterocycles. The Morgan fingerprint density at radius 3 is 1.73 bits per heavy atom. The van der Waals surface area contributed by atoms with Crippen LogP contribution in [0.3, 0.4) is 0 Å². The molecule has 0 aliphatic heterocycles. The topological polar surface area (TPSA) is 29.5 Å². The summed E-state index contributed by atoms with van der Waals surface area (Å²) in [5.74, 6) is 3.30. The van der Waals surface area contributed by atoms with Gasteiger partial charge in [-0.1, -0.05) is 115 Å². The van der Waals surface area contributed by atoms with Crippen molar-refractivity contribution in [3.05, 3.63) is 11.6 Å². The Kier molecular flexibility index (Phi) is 20.9. The molecule has 2 aliphatic carbocycles. The van der Waals surface area contributed by atoms with Crippen LogP contribution >= 0.6 is 0 Å². The monoisotopic (exact) mass is 574 g/mol. The second kappa shape index (κ2) is 23.6. The van der Waals surface area contributed by atoms with Gasteiger partial charge in [0, 0.05) is 6.42 Å². The van der Waals surface area contributed by atoms with E-state index in [1.165, 1.54) is 141 Å². The molecule has 0 N–H and O–H groups in total. The number of rotatable bonds is 29. The number of carbonyl (C=O) groups is 1. The van der Waals surface area contributed by atoms with Crippen LogP contribution in [0.15, 0.2) is 11.6 Å². The molecule has 0 spiro atoms. The number of nitrogens with zero attached hydrogens (tertiary/aromatic N) is 1. The summed E-state index contributed by atoms with van der Waals surface area (Å²) in [6, 6.07) is 0. The van der Waals surface area contributed by atoms with Gasteiger partial charge in [-0.3, -0.25) is 4.79 Å². The third-order valence-electron chi connectivity index (χ3n) is 9.85. The van der Waals surface area contributed by atoms with E-state index < -0.39 is 0 Å². The molecule has 0 bridgehead atoms. The van der Waals surface area contributed by atoms with Gasteiger partial charge in [0.15, 0.2) is 0 Å². The van der Waals surface area contributed by atoms with Crippen LogP contribution in [-0.2, 0) is 9.53 Å². The van der Waals surface area contributed by atoms with E-state index in [0.29, 0.717) is 18.9 Å². The van der Waals surface area contributed by atoms with Crippen LogP contribution in [0.4, 0.5) is 0 Å². The van der Waals surface area contributed by atoms with Gasteiger partial charge in [-0.15, -0.1) is 0 Å². The minimum atomic E-state index is 0.0455. The van der Waals surface area contributed by atoms with E-state index in [-0.39, 0.29) is 5.97 Å². The normalized spacial score (nSPS) is 21.3. The van der Waals surface area contributed by atoms with Crippen molar-refractivity contribution in [3.63, 3.8) is 0 Å². The highest BCUT2D eigenvalue weighted by molar-refractivity contribution is 5.70. The number of ether oxygens (including phenoxy) is 1. The first-order valence-corrected chi connectivity index (χ1v) is 18.5. The van der Waals surface area contributed by atoms with Crippen LogP contribution in [0.1, 0.15) is 174 Å². The second-order valence-corrected chi connectivity index (χ2v) is 14.2. The average molecular weight is 574 g/mol. The van der Waals surface area contributed by atoms with Crippen LogP contribution in [0.5, 0.6) is 0 Å². The second-order valence-electron chi connectivity index (χ2n) is 14.2. The lowest BCUT2D eigenvalue weighted by Crippen LogP contribution is -2.14. The first-order valence-electron chi connectivity index (χ1n) is 18.5. The number of unbranched alkanes of at least 4 members (excludes halogenated alkanes) is 15. The minimum Gasteiger partial charge on any atom is -0.466 e. The fourth-order valence-electron chi connectivity index (χ4n) is 6.73. The molecule has 0 aromatic rings. The van der Waals surface area contributed by atoms with Gasteiger partial charge in [0.2, 0.25) is 0 Å². The van der Waals surface area contributed by atoms with Gasteiger partial charge in [0.25, 0.3) is 0 Å². The largest absolute Gasteiger partial charge is 0.466 e. The molecule has 41 heavy (non-hydrogen) atoms. The number of carbonyl (C=O) groups excluding carboxylic acids is 1. The predicted molar refractivity (Wildman–Crippen MR) is 178 cm³/mol. The molecule has 0 amide bonds. The molecule has 0 radical (unpaired) electrons. The molecule has 0 aromatic heterocycles. The zero-order valence-corrected chi connectivity index (χ0v) is 28.2. The lowest BCUT2D eigenvalue weighted by atomic mass is 9.97. The Morgan fingerprint density at radius 2 is 1.17 bits per heavy atom. The van der Waals surface area contributed by atoms with Crippen LogP contribution in [0.2, 0.25) is 0 Å². The van der Waals surface area contributed by atoms with Crippen molar-refractivity contribution >= 4 is 5.97 Å². The smallest absolute Gasteiger partial charge is 0.306 e. The molecule has 4 unspecified atom stereocenters. The van der Waals surface area contributed by atoms with Crippen LogP contribution in [-0.4, -0.2) is 38.1 Å². The summed E-state index contributed by atoms with van der Waals surface area (Å²) >= 11 is 0. The predicted octanol–water partition coefficient (Wildman–Crippen LogP) is 11.3. The van der Waals surface area contributed by atoms with Gasteiger partial charge in [-0.25, -0.2) is 0 Å². The average Bonchev–Trinajstić information content (AvgIpc) is 3.87. The highest BCUT2D eigenvalue weighted by Crippen LogP contribution is 2.54. The van der Waals surface area contributed by atoms with E-state index >= 15 is 0 Å².